The number of aryl methyl sites for hydroxylation is 1. The lowest BCUT2D eigenvalue weighted by atomic mass is 9.97. The molecule has 1 aliphatic rings. The van der Waals surface area contributed by atoms with Crippen LogP contribution < -0.4 is 4.90 Å². The average molecular weight is 262 g/mol. The van der Waals surface area contributed by atoms with Gasteiger partial charge in [-0.2, -0.15) is 0 Å². The monoisotopic (exact) mass is 262 g/mol. The fourth-order valence-corrected chi connectivity index (χ4v) is 2.50. The highest BCUT2D eigenvalue weighted by atomic mass is 16.5. The van der Waals surface area contributed by atoms with E-state index in [1.54, 1.807) is 0 Å². The van der Waals surface area contributed by atoms with Gasteiger partial charge in [-0.25, -0.2) is 0 Å². The molecule has 0 spiro atoms. The molecular formula is C15H22N2O2. The standard InChI is InChI=1S/C15H22N2O2/c1-3-12-8-14(10-16-9-12)17-7-5-6-13(11-17)15(18)19-4-2/h8-10,13H,3-7,11H2,1-2H3/t13-/m0/s1. The zero-order chi connectivity index (χ0) is 13.7. The Balaban J connectivity index is 2.05. The van der Waals surface area contributed by atoms with Gasteiger partial charge in [-0.1, -0.05) is 6.92 Å². The quantitative estimate of drug-likeness (QED) is 0.782. The minimum atomic E-state index is -0.0631. The van der Waals surface area contributed by atoms with E-state index in [1.165, 1.54) is 5.56 Å². The van der Waals surface area contributed by atoms with Gasteiger partial charge in [0, 0.05) is 19.3 Å². The third kappa shape index (κ3) is 3.46. The predicted octanol–water partition coefficient (Wildman–Crippen LogP) is 2.42. The molecule has 4 nitrogen and oxygen atoms in total. The van der Waals surface area contributed by atoms with Crippen LogP contribution in [0.4, 0.5) is 5.69 Å². The number of ether oxygens (including phenoxy) is 1. The van der Waals surface area contributed by atoms with Crippen LogP contribution in [0.25, 0.3) is 0 Å². The van der Waals surface area contributed by atoms with Gasteiger partial charge in [0.15, 0.2) is 0 Å². The van der Waals surface area contributed by atoms with Crippen LogP contribution in [0.2, 0.25) is 0 Å². The van der Waals surface area contributed by atoms with Gasteiger partial charge in [-0.3, -0.25) is 9.78 Å². The molecule has 0 bridgehead atoms. The van der Waals surface area contributed by atoms with E-state index >= 15 is 0 Å². The van der Waals surface area contributed by atoms with Crippen molar-refractivity contribution in [3.8, 4) is 0 Å². The van der Waals surface area contributed by atoms with Crippen LogP contribution >= 0.6 is 0 Å². The Morgan fingerprint density at radius 1 is 1.47 bits per heavy atom. The van der Waals surface area contributed by atoms with Crippen LogP contribution in [0, 0.1) is 5.92 Å². The summed E-state index contributed by atoms with van der Waals surface area (Å²) in [7, 11) is 0. The number of piperidine rings is 1. The topological polar surface area (TPSA) is 42.4 Å². The number of hydrogen-bond acceptors (Lipinski definition) is 4. The SMILES string of the molecule is CCOC(=O)[C@H]1CCCN(c2cncc(CC)c2)C1. The Morgan fingerprint density at radius 3 is 3.05 bits per heavy atom. The maximum atomic E-state index is 11.8. The van der Waals surface area contributed by atoms with Crippen molar-refractivity contribution in [2.24, 2.45) is 5.92 Å². The van der Waals surface area contributed by atoms with E-state index in [1.807, 2.05) is 19.3 Å². The third-order valence-electron chi connectivity index (χ3n) is 3.60. The molecule has 2 heterocycles. The van der Waals surface area contributed by atoms with E-state index in [0.717, 1.165) is 38.0 Å². The molecule has 0 amide bonds. The maximum absolute atomic E-state index is 11.8. The minimum Gasteiger partial charge on any atom is -0.466 e. The molecule has 0 unspecified atom stereocenters. The van der Waals surface area contributed by atoms with Crippen molar-refractivity contribution < 1.29 is 9.53 Å². The molecule has 1 aliphatic heterocycles. The summed E-state index contributed by atoms with van der Waals surface area (Å²) in [5.74, 6) is -0.0641. The smallest absolute Gasteiger partial charge is 0.310 e. The number of esters is 1. The molecule has 0 aromatic carbocycles. The lowest BCUT2D eigenvalue weighted by molar-refractivity contribution is -0.148. The number of carbonyl (C=O) groups is 1. The summed E-state index contributed by atoms with van der Waals surface area (Å²) in [5, 5.41) is 0. The minimum absolute atomic E-state index is 0.000942. The fourth-order valence-electron chi connectivity index (χ4n) is 2.50. The highest BCUT2D eigenvalue weighted by Gasteiger charge is 2.27. The largest absolute Gasteiger partial charge is 0.466 e. The Hall–Kier alpha value is -1.58. The molecule has 0 saturated carbocycles. The van der Waals surface area contributed by atoms with Crippen LogP contribution in [-0.4, -0.2) is 30.6 Å². The molecule has 0 radical (unpaired) electrons. The number of anilines is 1. The van der Waals surface area contributed by atoms with Gasteiger partial charge in [-0.05, 0) is 37.8 Å². The van der Waals surface area contributed by atoms with Crippen molar-refractivity contribution in [3.63, 3.8) is 0 Å². The summed E-state index contributed by atoms with van der Waals surface area (Å²) in [6.45, 7) is 6.17. The summed E-state index contributed by atoms with van der Waals surface area (Å²) >= 11 is 0. The average Bonchev–Trinajstić information content (AvgIpc) is 2.48. The molecule has 1 saturated heterocycles. The second-order valence-electron chi connectivity index (χ2n) is 4.94. The fraction of sp³-hybridized carbons (Fsp3) is 0.600. The molecule has 104 valence electrons. The van der Waals surface area contributed by atoms with Gasteiger partial charge < -0.3 is 9.64 Å². The van der Waals surface area contributed by atoms with Crippen LogP contribution in [0.5, 0.6) is 0 Å². The van der Waals surface area contributed by atoms with E-state index in [0.29, 0.717) is 6.61 Å². The maximum Gasteiger partial charge on any atom is 0.310 e. The van der Waals surface area contributed by atoms with Crippen molar-refractivity contribution in [2.45, 2.75) is 33.1 Å². The first-order chi connectivity index (χ1) is 9.24. The van der Waals surface area contributed by atoms with Gasteiger partial charge in [0.1, 0.15) is 0 Å². The molecule has 1 atom stereocenters. The number of pyridine rings is 1. The highest BCUT2D eigenvalue weighted by Crippen LogP contribution is 2.24. The summed E-state index contributed by atoms with van der Waals surface area (Å²) in [4.78, 5) is 18.4. The first kappa shape index (κ1) is 13.8. The van der Waals surface area contributed by atoms with Crippen molar-refractivity contribution >= 4 is 11.7 Å². The summed E-state index contributed by atoms with van der Waals surface area (Å²) in [6.07, 6.45) is 6.72. The molecular weight excluding hydrogens is 240 g/mol. The predicted molar refractivity (Wildman–Crippen MR) is 75.2 cm³/mol. The molecule has 4 heteroatoms. The summed E-state index contributed by atoms with van der Waals surface area (Å²) in [6, 6.07) is 2.17. The van der Waals surface area contributed by atoms with Gasteiger partial charge in [0.25, 0.3) is 0 Å². The van der Waals surface area contributed by atoms with E-state index in [-0.39, 0.29) is 11.9 Å². The number of nitrogens with zero attached hydrogens (tertiary/aromatic N) is 2. The number of aromatic nitrogens is 1. The third-order valence-corrected chi connectivity index (χ3v) is 3.60. The number of rotatable bonds is 4. The van der Waals surface area contributed by atoms with Gasteiger partial charge in [-0.15, -0.1) is 0 Å². The van der Waals surface area contributed by atoms with E-state index in [9.17, 15) is 4.79 Å². The normalized spacial score (nSPS) is 19.3. The van der Waals surface area contributed by atoms with Crippen molar-refractivity contribution in [1.29, 1.82) is 0 Å². The van der Waals surface area contributed by atoms with Crippen LogP contribution in [0.15, 0.2) is 18.5 Å². The van der Waals surface area contributed by atoms with Crippen molar-refractivity contribution in [2.75, 3.05) is 24.6 Å². The molecule has 1 aromatic rings. The first-order valence-corrected chi connectivity index (χ1v) is 7.10. The van der Waals surface area contributed by atoms with Crippen molar-refractivity contribution in [3.05, 3.63) is 24.0 Å². The lowest BCUT2D eigenvalue weighted by Crippen LogP contribution is -2.39. The summed E-state index contributed by atoms with van der Waals surface area (Å²) < 4.78 is 5.13. The molecule has 2 rings (SSSR count). The van der Waals surface area contributed by atoms with E-state index in [4.69, 9.17) is 4.74 Å². The van der Waals surface area contributed by atoms with Crippen LogP contribution in [0.3, 0.4) is 0 Å². The highest BCUT2D eigenvalue weighted by molar-refractivity contribution is 5.73. The summed E-state index contributed by atoms with van der Waals surface area (Å²) in [5.41, 5.74) is 2.35. The second kappa shape index (κ2) is 6.55. The van der Waals surface area contributed by atoms with Crippen LogP contribution in [-0.2, 0) is 16.0 Å². The van der Waals surface area contributed by atoms with E-state index < -0.39 is 0 Å². The molecule has 0 aliphatic carbocycles. The van der Waals surface area contributed by atoms with Crippen molar-refractivity contribution in [1.82, 2.24) is 4.98 Å². The second-order valence-corrected chi connectivity index (χ2v) is 4.94. The van der Waals surface area contributed by atoms with Gasteiger partial charge in [0.2, 0.25) is 0 Å². The lowest BCUT2D eigenvalue weighted by Gasteiger charge is -2.33. The Bertz CT molecular complexity index is 434. The van der Waals surface area contributed by atoms with Crippen LogP contribution in [0.1, 0.15) is 32.3 Å². The molecule has 1 fully saturated rings. The Labute approximate surface area is 114 Å². The van der Waals surface area contributed by atoms with Gasteiger partial charge >= 0.3 is 5.97 Å². The number of hydrogen-bond donors (Lipinski definition) is 0. The zero-order valence-electron chi connectivity index (χ0n) is 11.8. The Kier molecular flexibility index (Phi) is 4.77. The molecule has 1 aromatic heterocycles. The number of carbonyl (C=O) groups excluding carboxylic acids is 1. The molecule has 0 N–H and O–H groups in total. The van der Waals surface area contributed by atoms with Gasteiger partial charge in [0.05, 0.1) is 24.4 Å². The first-order valence-electron chi connectivity index (χ1n) is 7.10. The zero-order valence-corrected chi connectivity index (χ0v) is 11.8. The van der Waals surface area contributed by atoms with E-state index in [2.05, 4.69) is 22.9 Å². The molecule has 19 heavy (non-hydrogen) atoms. The Morgan fingerprint density at radius 2 is 2.32 bits per heavy atom.